The standard InChI is InChI=1S/C21H24N4O2/c1-2-21-13-24(11-12-25(21)20(26)27-14-21)19-16-9-6-10-17(16)22-18(23-19)15-7-4-3-5-8-15/h3-5,7-8H,2,6,9-14H2,1H3. The molecule has 3 aliphatic rings. The lowest BCUT2D eigenvalue weighted by atomic mass is 9.92. The number of anilines is 1. The van der Waals surface area contributed by atoms with Crippen molar-refractivity contribution in [1.82, 2.24) is 14.9 Å². The summed E-state index contributed by atoms with van der Waals surface area (Å²) in [6.45, 7) is 4.85. The summed E-state index contributed by atoms with van der Waals surface area (Å²) in [7, 11) is 0. The summed E-state index contributed by atoms with van der Waals surface area (Å²) >= 11 is 0. The first kappa shape index (κ1) is 16.5. The fourth-order valence-corrected chi connectivity index (χ4v) is 4.64. The average molecular weight is 364 g/mol. The fraction of sp³-hybridized carbons (Fsp3) is 0.476. The number of hydrogen-bond acceptors (Lipinski definition) is 5. The van der Waals surface area contributed by atoms with Gasteiger partial charge in [0.2, 0.25) is 0 Å². The lowest BCUT2D eigenvalue weighted by Gasteiger charge is -2.45. The highest BCUT2D eigenvalue weighted by Crippen LogP contribution is 2.37. The smallest absolute Gasteiger partial charge is 0.410 e. The van der Waals surface area contributed by atoms with E-state index in [4.69, 9.17) is 14.7 Å². The largest absolute Gasteiger partial charge is 0.447 e. The molecule has 0 spiro atoms. The molecule has 0 N–H and O–H groups in total. The molecule has 1 aromatic carbocycles. The fourth-order valence-electron chi connectivity index (χ4n) is 4.64. The Morgan fingerprint density at radius 3 is 2.81 bits per heavy atom. The second-order valence-corrected chi connectivity index (χ2v) is 7.72. The Bertz CT molecular complexity index is 885. The van der Waals surface area contributed by atoms with Gasteiger partial charge in [-0.25, -0.2) is 14.8 Å². The third-order valence-electron chi connectivity index (χ3n) is 6.24. The van der Waals surface area contributed by atoms with Gasteiger partial charge in [0.05, 0.1) is 5.54 Å². The quantitative estimate of drug-likeness (QED) is 0.838. The molecule has 27 heavy (non-hydrogen) atoms. The highest BCUT2D eigenvalue weighted by atomic mass is 16.6. The predicted molar refractivity (Wildman–Crippen MR) is 103 cm³/mol. The number of hydrogen-bond donors (Lipinski definition) is 0. The van der Waals surface area contributed by atoms with E-state index in [1.165, 1.54) is 11.3 Å². The minimum atomic E-state index is -0.237. The van der Waals surface area contributed by atoms with Crippen LogP contribution in [-0.4, -0.2) is 52.7 Å². The summed E-state index contributed by atoms with van der Waals surface area (Å²) in [6, 6.07) is 10.2. The van der Waals surface area contributed by atoms with Crippen molar-refractivity contribution in [3.05, 3.63) is 41.6 Å². The van der Waals surface area contributed by atoms with Crippen molar-refractivity contribution in [2.75, 3.05) is 31.1 Å². The summed E-state index contributed by atoms with van der Waals surface area (Å²) < 4.78 is 5.39. The van der Waals surface area contributed by atoms with E-state index in [0.717, 1.165) is 56.0 Å². The maximum atomic E-state index is 12.1. The van der Waals surface area contributed by atoms with Crippen LogP contribution in [0.1, 0.15) is 31.0 Å². The highest BCUT2D eigenvalue weighted by Gasteiger charge is 2.50. The van der Waals surface area contributed by atoms with Gasteiger partial charge in [-0.15, -0.1) is 0 Å². The van der Waals surface area contributed by atoms with E-state index >= 15 is 0 Å². The van der Waals surface area contributed by atoms with Crippen molar-refractivity contribution in [3.8, 4) is 11.4 Å². The molecular weight excluding hydrogens is 340 g/mol. The summed E-state index contributed by atoms with van der Waals surface area (Å²) in [5.41, 5.74) is 3.29. The number of carbonyl (C=O) groups is 1. The number of cyclic esters (lactones) is 1. The van der Waals surface area contributed by atoms with Gasteiger partial charge in [-0.05, 0) is 25.7 Å². The molecule has 0 bridgehead atoms. The normalized spacial score (nSPS) is 24.0. The molecule has 1 atom stereocenters. The Hall–Kier alpha value is -2.63. The monoisotopic (exact) mass is 364 g/mol. The molecule has 1 aliphatic carbocycles. The maximum Gasteiger partial charge on any atom is 0.410 e. The van der Waals surface area contributed by atoms with Crippen LogP contribution in [0.5, 0.6) is 0 Å². The van der Waals surface area contributed by atoms with Crippen LogP contribution in [0.25, 0.3) is 11.4 Å². The van der Waals surface area contributed by atoms with Crippen LogP contribution in [0.15, 0.2) is 30.3 Å². The van der Waals surface area contributed by atoms with Crippen molar-refractivity contribution < 1.29 is 9.53 Å². The molecule has 6 nitrogen and oxygen atoms in total. The third-order valence-corrected chi connectivity index (χ3v) is 6.24. The van der Waals surface area contributed by atoms with Gasteiger partial charge in [0, 0.05) is 36.5 Å². The molecule has 2 saturated heterocycles. The number of carbonyl (C=O) groups excluding carboxylic acids is 1. The summed E-state index contributed by atoms with van der Waals surface area (Å²) in [6.07, 6.45) is 3.90. The summed E-state index contributed by atoms with van der Waals surface area (Å²) in [5.74, 6) is 1.86. The molecule has 0 saturated carbocycles. The van der Waals surface area contributed by atoms with Crippen molar-refractivity contribution in [2.45, 2.75) is 38.1 Å². The van der Waals surface area contributed by atoms with Crippen molar-refractivity contribution >= 4 is 11.9 Å². The molecule has 5 rings (SSSR count). The third kappa shape index (κ3) is 2.58. The van der Waals surface area contributed by atoms with E-state index in [2.05, 4.69) is 24.0 Å². The van der Waals surface area contributed by atoms with Crippen LogP contribution >= 0.6 is 0 Å². The number of fused-ring (bicyclic) bond motifs is 2. The highest BCUT2D eigenvalue weighted by molar-refractivity contribution is 5.72. The topological polar surface area (TPSA) is 58.6 Å². The molecule has 3 heterocycles. The molecule has 6 heteroatoms. The number of aromatic nitrogens is 2. The Kier molecular flexibility index (Phi) is 3.81. The maximum absolute atomic E-state index is 12.1. The number of aryl methyl sites for hydroxylation is 1. The van der Waals surface area contributed by atoms with E-state index in [-0.39, 0.29) is 11.6 Å². The van der Waals surface area contributed by atoms with Gasteiger partial charge in [-0.1, -0.05) is 37.3 Å². The number of ether oxygens (including phenoxy) is 1. The average Bonchev–Trinajstić information content (AvgIpc) is 3.32. The Balaban J connectivity index is 1.55. The van der Waals surface area contributed by atoms with E-state index in [1.807, 2.05) is 23.1 Å². The van der Waals surface area contributed by atoms with Crippen molar-refractivity contribution in [2.24, 2.45) is 0 Å². The zero-order valence-corrected chi connectivity index (χ0v) is 15.6. The van der Waals surface area contributed by atoms with E-state index in [9.17, 15) is 4.79 Å². The predicted octanol–water partition coefficient (Wildman–Crippen LogP) is 3.05. The van der Waals surface area contributed by atoms with Gasteiger partial charge >= 0.3 is 6.09 Å². The molecule has 2 aromatic rings. The number of benzene rings is 1. The zero-order valence-electron chi connectivity index (χ0n) is 15.6. The molecule has 0 radical (unpaired) electrons. The minimum absolute atomic E-state index is 0.172. The van der Waals surface area contributed by atoms with E-state index in [1.54, 1.807) is 0 Å². The van der Waals surface area contributed by atoms with E-state index in [0.29, 0.717) is 13.2 Å². The van der Waals surface area contributed by atoms with E-state index < -0.39 is 0 Å². The number of nitrogens with zero attached hydrogens (tertiary/aromatic N) is 4. The molecular formula is C21H24N4O2. The van der Waals surface area contributed by atoms with Gasteiger partial charge in [0.15, 0.2) is 5.82 Å². The lowest BCUT2D eigenvalue weighted by molar-refractivity contribution is 0.137. The molecule has 1 aromatic heterocycles. The van der Waals surface area contributed by atoms with Crippen LogP contribution in [-0.2, 0) is 17.6 Å². The Labute approximate surface area is 159 Å². The number of amides is 1. The summed E-state index contributed by atoms with van der Waals surface area (Å²) in [4.78, 5) is 26.3. The molecule has 2 aliphatic heterocycles. The first-order valence-electron chi connectivity index (χ1n) is 9.85. The van der Waals surface area contributed by atoms with Crippen LogP contribution in [0.4, 0.5) is 10.6 Å². The second kappa shape index (κ2) is 6.22. The molecule has 140 valence electrons. The Morgan fingerprint density at radius 1 is 1.15 bits per heavy atom. The SMILES string of the molecule is CCC12COC(=O)N1CCN(c1nc(-c3ccccc3)nc3c1CCC3)C2. The van der Waals surface area contributed by atoms with Crippen LogP contribution in [0.2, 0.25) is 0 Å². The molecule has 1 unspecified atom stereocenters. The van der Waals surface area contributed by atoms with Gasteiger partial charge < -0.3 is 9.64 Å². The van der Waals surface area contributed by atoms with Crippen LogP contribution < -0.4 is 4.90 Å². The van der Waals surface area contributed by atoms with Gasteiger partial charge in [-0.2, -0.15) is 0 Å². The van der Waals surface area contributed by atoms with Gasteiger partial charge in [0.1, 0.15) is 12.4 Å². The Morgan fingerprint density at radius 2 is 2.00 bits per heavy atom. The second-order valence-electron chi connectivity index (χ2n) is 7.72. The molecule has 2 fully saturated rings. The minimum Gasteiger partial charge on any atom is -0.447 e. The van der Waals surface area contributed by atoms with Crippen molar-refractivity contribution in [3.63, 3.8) is 0 Å². The van der Waals surface area contributed by atoms with Gasteiger partial charge in [0.25, 0.3) is 0 Å². The first-order valence-corrected chi connectivity index (χ1v) is 9.85. The van der Waals surface area contributed by atoms with Gasteiger partial charge in [-0.3, -0.25) is 4.90 Å². The number of rotatable bonds is 3. The van der Waals surface area contributed by atoms with Crippen LogP contribution in [0.3, 0.4) is 0 Å². The van der Waals surface area contributed by atoms with Crippen molar-refractivity contribution in [1.29, 1.82) is 0 Å². The molecule has 1 amide bonds. The first-order chi connectivity index (χ1) is 13.2. The summed E-state index contributed by atoms with van der Waals surface area (Å²) in [5, 5.41) is 0. The van der Waals surface area contributed by atoms with Crippen LogP contribution in [0, 0.1) is 0 Å². The lowest BCUT2D eigenvalue weighted by Crippen LogP contribution is -2.61. The number of piperazine rings is 1. The zero-order chi connectivity index (χ0) is 18.4.